The zero-order valence-corrected chi connectivity index (χ0v) is 17.0. The van der Waals surface area contributed by atoms with E-state index in [0.29, 0.717) is 0 Å². The summed E-state index contributed by atoms with van der Waals surface area (Å²) in [7, 11) is 2.13. The van der Waals surface area contributed by atoms with Crippen LogP contribution < -0.4 is 8.15 Å². The molecule has 1 nitrogen and oxygen atoms in total. The minimum atomic E-state index is -2.14. The van der Waals surface area contributed by atoms with Crippen LogP contribution in [-0.4, -0.2) is 18.4 Å². The van der Waals surface area contributed by atoms with Crippen LogP contribution in [0.1, 0.15) is 59.3 Å². The Morgan fingerprint density at radius 1 is 0.800 bits per heavy atom. The van der Waals surface area contributed by atoms with Crippen molar-refractivity contribution in [1.82, 2.24) is 0 Å². The zero-order chi connectivity index (χ0) is 14.8. The average molecular weight is 383 g/mol. The number of rotatable bonds is 10. The fraction of sp³-hybridized carbons (Fsp3) is 0.722. The second kappa shape index (κ2) is 9.81. The van der Waals surface area contributed by atoms with Gasteiger partial charge in [-0.3, -0.25) is 0 Å². The van der Waals surface area contributed by atoms with Gasteiger partial charge in [0.1, 0.15) is 0 Å². The SMILES string of the molecule is CCC[CH2][Sn]([CH2]CCC)([CH2]CCC)[c]1cc[n+](C)cc1. The minimum absolute atomic E-state index is 1.36. The van der Waals surface area contributed by atoms with Gasteiger partial charge >= 0.3 is 131 Å². The van der Waals surface area contributed by atoms with E-state index in [2.05, 4.69) is 56.9 Å². The third kappa shape index (κ3) is 5.38. The first kappa shape index (κ1) is 18.0. The molecule has 0 amide bonds. The molecule has 0 saturated heterocycles. The molecule has 1 rings (SSSR count). The molecule has 0 atom stereocenters. The molecular formula is C18H34NSn+. The molecule has 0 N–H and O–H groups in total. The van der Waals surface area contributed by atoms with E-state index in [1.807, 2.05) is 0 Å². The van der Waals surface area contributed by atoms with Crippen LogP contribution in [0.2, 0.25) is 13.3 Å². The van der Waals surface area contributed by atoms with Gasteiger partial charge in [0.2, 0.25) is 0 Å². The zero-order valence-electron chi connectivity index (χ0n) is 14.1. The first-order chi connectivity index (χ1) is 9.68. The number of aromatic nitrogens is 1. The van der Waals surface area contributed by atoms with Gasteiger partial charge in [-0.05, 0) is 0 Å². The van der Waals surface area contributed by atoms with E-state index < -0.39 is 18.4 Å². The third-order valence-corrected chi connectivity index (χ3v) is 20.3. The van der Waals surface area contributed by atoms with E-state index >= 15 is 0 Å². The Morgan fingerprint density at radius 3 is 1.55 bits per heavy atom. The number of hydrogen-bond donors (Lipinski definition) is 0. The van der Waals surface area contributed by atoms with Crippen molar-refractivity contribution >= 4 is 22.0 Å². The Labute approximate surface area is 130 Å². The standard InChI is InChI=1S/C6H7N.3C4H9.Sn/c1-7-5-3-2-4-6-7;3*1-3-4-2;/h3-6H,1H3;3*1,3-4H2,2H3;/q+1;;;;. The maximum absolute atomic E-state index is 2.46. The summed E-state index contributed by atoms with van der Waals surface area (Å²) in [5, 5.41) is 0. The Bertz CT molecular complexity index is 336. The normalized spacial score (nSPS) is 11.8. The number of aryl methyl sites for hydroxylation is 1. The van der Waals surface area contributed by atoms with Crippen LogP contribution in [0, 0.1) is 0 Å². The molecule has 1 aromatic heterocycles. The van der Waals surface area contributed by atoms with E-state index in [1.54, 1.807) is 16.9 Å². The Balaban J connectivity index is 3.00. The second-order valence-electron chi connectivity index (χ2n) is 6.34. The number of pyridine rings is 1. The molecule has 2 heteroatoms. The van der Waals surface area contributed by atoms with Crippen molar-refractivity contribution in [3.8, 4) is 0 Å². The third-order valence-electron chi connectivity index (χ3n) is 4.62. The molecule has 0 unspecified atom stereocenters. The van der Waals surface area contributed by atoms with Crippen LogP contribution in [0.15, 0.2) is 24.5 Å². The number of unbranched alkanes of at least 4 members (excludes halogenated alkanes) is 3. The van der Waals surface area contributed by atoms with Gasteiger partial charge in [-0.15, -0.1) is 0 Å². The molecule has 1 aromatic rings. The first-order valence-electron chi connectivity index (χ1n) is 8.64. The molecule has 0 spiro atoms. The van der Waals surface area contributed by atoms with Crippen molar-refractivity contribution in [2.75, 3.05) is 0 Å². The molecular weight excluding hydrogens is 349 g/mol. The Morgan fingerprint density at radius 2 is 1.20 bits per heavy atom. The van der Waals surface area contributed by atoms with Crippen molar-refractivity contribution in [3.63, 3.8) is 0 Å². The van der Waals surface area contributed by atoms with Gasteiger partial charge in [0, 0.05) is 0 Å². The number of hydrogen-bond acceptors (Lipinski definition) is 0. The molecule has 0 aliphatic heterocycles. The van der Waals surface area contributed by atoms with Gasteiger partial charge in [-0.2, -0.15) is 0 Å². The summed E-state index contributed by atoms with van der Waals surface area (Å²) in [6, 6.07) is 4.91. The molecule has 20 heavy (non-hydrogen) atoms. The molecule has 0 fully saturated rings. The van der Waals surface area contributed by atoms with Crippen LogP contribution in [0.5, 0.6) is 0 Å². The van der Waals surface area contributed by atoms with Crippen molar-refractivity contribution in [3.05, 3.63) is 24.5 Å². The summed E-state index contributed by atoms with van der Waals surface area (Å²) in [4.78, 5) is 0. The first-order valence-corrected chi connectivity index (χ1v) is 16.1. The summed E-state index contributed by atoms with van der Waals surface area (Å²) in [6.45, 7) is 7.05. The fourth-order valence-corrected chi connectivity index (χ4v) is 19.1. The molecule has 0 saturated carbocycles. The summed E-state index contributed by atoms with van der Waals surface area (Å²) >= 11 is -2.14. The van der Waals surface area contributed by atoms with Crippen LogP contribution in [0.25, 0.3) is 0 Å². The van der Waals surface area contributed by atoms with Gasteiger partial charge in [0.25, 0.3) is 0 Å². The van der Waals surface area contributed by atoms with E-state index in [-0.39, 0.29) is 0 Å². The number of nitrogens with zero attached hydrogens (tertiary/aromatic N) is 1. The van der Waals surface area contributed by atoms with E-state index in [4.69, 9.17) is 0 Å². The van der Waals surface area contributed by atoms with Crippen molar-refractivity contribution in [2.24, 2.45) is 7.05 Å². The molecule has 1 heterocycles. The quantitative estimate of drug-likeness (QED) is 0.412. The van der Waals surface area contributed by atoms with Crippen LogP contribution >= 0.6 is 0 Å². The van der Waals surface area contributed by atoms with E-state index in [9.17, 15) is 0 Å². The predicted molar refractivity (Wildman–Crippen MR) is 92.2 cm³/mol. The van der Waals surface area contributed by atoms with Gasteiger partial charge in [0.05, 0.1) is 0 Å². The van der Waals surface area contributed by atoms with E-state index in [0.717, 1.165) is 0 Å². The monoisotopic (exact) mass is 384 g/mol. The second-order valence-corrected chi connectivity index (χ2v) is 19.6. The summed E-state index contributed by atoms with van der Waals surface area (Å²) in [5.41, 5.74) is 0. The van der Waals surface area contributed by atoms with Gasteiger partial charge in [-0.1, -0.05) is 0 Å². The van der Waals surface area contributed by atoms with E-state index in [1.165, 1.54) is 38.5 Å². The van der Waals surface area contributed by atoms with Crippen molar-refractivity contribution in [1.29, 1.82) is 0 Å². The van der Waals surface area contributed by atoms with Crippen LogP contribution in [0.4, 0.5) is 0 Å². The van der Waals surface area contributed by atoms with Crippen LogP contribution in [-0.2, 0) is 7.05 Å². The molecule has 0 aromatic carbocycles. The Hall–Kier alpha value is -0.0513. The molecule has 0 aliphatic carbocycles. The average Bonchev–Trinajstić information content (AvgIpc) is 2.48. The fourth-order valence-electron chi connectivity index (χ4n) is 3.21. The predicted octanol–water partition coefficient (Wildman–Crippen LogP) is 4.57. The maximum atomic E-state index is 2.46. The van der Waals surface area contributed by atoms with Crippen LogP contribution in [0.3, 0.4) is 0 Å². The van der Waals surface area contributed by atoms with Crippen molar-refractivity contribution < 1.29 is 4.57 Å². The summed E-state index contributed by atoms with van der Waals surface area (Å²) in [5.74, 6) is 0. The molecule has 0 radical (unpaired) electrons. The van der Waals surface area contributed by atoms with Crippen molar-refractivity contribution in [2.45, 2.75) is 72.6 Å². The van der Waals surface area contributed by atoms with Gasteiger partial charge < -0.3 is 0 Å². The summed E-state index contributed by atoms with van der Waals surface area (Å²) < 4.78 is 8.67. The topological polar surface area (TPSA) is 3.88 Å². The molecule has 114 valence electrons. The molecule has 0 aliphatic rings. The summed E-state index contributed by atoms with van der Waals surface area (Å²) in [6.07, 6.45) is 13.0. The Kier molecular flexibility index (Phi) is 8.83. The molecule has 0 bridgehead atoms. The van der Waals surface area contributed by atoms with Gasteiger partial charge in [0.15, 0.2) is 0 Å². The van der Waals surface area contributed by atoms with Gasteiger partial charge in [-0.25, -0.2) is 0 Å².